The van der Waals surface area contributed by atoms with Crippen molar-refractivity contribution in [2.24, 2.45) is 0 Å². The van der Waals surface area contributed by atoms with Gasteiger partial charge in [0.15, 0.2) is 0 Å². The highest BCUT2D eigenvalue weighted by atomic mass is 16.5. The van der Waals surface area contributed by atoms with Crippen molar-refractivity contribution in [3.8, 4) is 0 Å². The molecule has 2 heteroatoms. The molecule has 1 atom stereocenters. The Balaban J connectivity index is 2.16. The van der Waals surface area contributed by atoms with E-state index in [1.54, 1.807) is 7.11 Å². The molecule has 14 heavy (non-hydrogen) atoms. The minimum atomic E-state index is 0.434. The Hall–Kier alpha value is -0.860. The molecule has 2 nitrogen and oxygen atoms in total. The molecule has 78 valence electrons. The van der Waals surface area contributed by atoms with E-state index in [1.807, 2.05) is 6.07 Å². The van der Waals surface area contributed by atoms with Gasteiger partial charge in [0.2, 0.25) is 0 Å². The number of hydrogen-bond donors (Lipinski definition) is 1. The molecule has 0 aromatic heterocycles. The second kappa shape index (κ2) is 6.57. The van der Waals surface area contributed by atoms with Crippen LogP contribution >= 0.6 is 0 Å². The van der Waals surface area contributed by atoms with E-state index in [4.69, 9.17) is 4.74 Å². The molecule has 1 unspecified atom stereocenters. The molecule has 0 spiro atoms. The van der Waals surface area contributed by atoms with Crippen molar-refractivity contribution in [1.29, 1.82) is 0 Å². The maximum absolute atomic E-state index is 5.04. The summed E-state index contributed by atoms with van der Waals surface area (Å²) >= 11 is 0. The van der Waals surface area contributed by atoms with Crippen molar-refractivity contribution in [2.75, 3.05) is 20.3 Å². The van der Waals surface area contributed by atoms with Crippen molar-refractivity contribution in [3.05, 3.63) is 35.9 Å². The van der Waals surface area contributed by atoms with Crippen LogP contribution in [0.2, 0.25) is 0 Å². The third-order valence-corrected chi connectivity index (χ3v) is 2.17. The minimum absolute atomic E-state index is 0.434. The average Bonchev–Trinajstić information content (AvgIpc) is 2.20. The molecule has 1 aromatic rings. The molecule has 0 amide bonds. The Morgan fingerprint density at radius 1 is 1.29 bits per heavy atom. The Morgan fingerprint density at radius 3 is 2.64 bits per heavy atom. The summed E-state index contributed by atoms with van der Waals surface area (Å²) in [6, 6.07) is 10.9. The molecule has 0 bridgehead atoms. The van der Waals surface area contributed by atoms with E-state index in [2.05, 4.69) is 36.5 Å². The lowest BCUT2D eigenvalue weighted by atomic mass is 10.1. The zero-order valence-corrected chi connectivity index (χ0v) is 8.99. The van der Waals surface area contributed by atoms with Gasteiger partial charge in [-0.3, -0.25) is 0 Å². The topological polar surface area (TPSA) is 21.3 Å². The zero-order valence-electron chi connectivity index (χ0n) is 8.99. The van der Waals surface area contributed by atoms with Crippen LogP contribution in [0.4, 0.5) is 0 Å². The molecule has 0 heterocycles. The number of hydrogen-bond acceptors (Lipinski definition) is 2. The van der Waals surface area contributed by atoms with Crippen LogP contribution in [-0.2, 0) is 11.2 Å². The van der Waals surface area contributed by atoms with Crippen molar-refractivity contribution >= 4 is 0 Å². The summed E-state index contributed by atoms with van der Waals surface area (Å²) in [5.41, 5.74) is 1.38. The van der Waals surface area contributed by atoms with E-state index in [-0.39, 0.29) is 0 Å². The molecule has 0 saturated heterocycles. The Labute approximate surface area is 86.3 Å². The molecular formula is C12H19NO. The van der Waals surface area contributed by atoms with Crippen LogP contribution in [0.3, 0.4) is 0 Å². The maximum atomic E-state index is 5.04. The molecular weight excluding hydrogens is 174 g/mol. The lowest BCUT2D eigenvalue weighted by Crippen LogP contribution is -2.31. The van der Waals surface area contributed by atoms with Gasteiger partial charge in [0.25, 0.3) is 0 Å². The van der Waals surface area contributed by atoms with Gasteiger partial charge >= 0.3 is 0 Å². The van der Waals surface area contributed by atoms with Crippen LogP contribution in [0.5, 0.6) is 0 Å². The zero-order chi connectivity index (χ0) is 10.2. The lowest BCUT2D eigenvalue weighted by Gasteiger charge is -2.12. The van der Waals surface area contributed by atoms with Crippen molar-refractivity contribution in [2.45, 2.75) is 19.4 Å². The number of ether oxygens (including phenoxy) is 1. The van der Waals surface area contributed by atoms with Crippen LogP contribution in [-0.4, -0.2) is 26.3 Å². The predicted molar refractivity (Wildman–Crippen MR) is 59.5 cm³/mol. The van der Waals surface area contributed by atoms with Gasteiger partial charge < -0.3 is 10.1 Å². The SMILES string of the molecule is COCC(C)NCCc1ccccc1. The summed E-state index contributed by atoms with van der Waals surface area (Å²) in [6.07, 6.45) is 1.08. The third kappa shape index (κ3) is 4.40. The van der Waals surface area contributed by atoms with E-state index in [1.165, 1.54) is 5.56 Å². The monoisotopic (exact) mass is 193 g/mol. The van der Waals surface area contributed by atoms with Gasteiger partial charge in [0, 0.05) is 13.2 Å². The van der Waals surface area contributed by atoms with Crippen molar-refractivity contribution < 1.29 is 4.74 Å². The second-order valence-corrected chi connectivity index (χ2v) is 3.55. The Kier molecular flexibility index (Phi) is 5.27. The summed E-state index contributed by atoms with van der Waals surface area (Å²) in [4.78, 5) is 0. The molecule has 1 N–H and O–H groups in total. The normalized spacial score (nSPS) is 12.7. The van der Waals surface area contributed by atoms with Crippen LogP contribution in [0.1, 0.15) is 12.5 Å². The fourth-order valence-electron chi connectivity index (χ4n) is 1.42. The number of nitrogens with one attached hydrogen (secondary N) is 1. The summed E-state index contributed by atoms with van der Waals surface area (Å²) in [6.45, 7) is 3.91. The molecule has 0 aliphatic rings. The number of benzene rings is 1. The van der Waals surface area contributed by atoms with Gasteiger partial charge in [-0.1, -0.05) is 30.3 Å². The highest BCUT2D eigenvalue weighted by molar-refractivity contribution is 5.14. The first-order chi connectivity index (χ1) is 6.83. The molecule has 0 aliphatic heterocycles. The summed E-state index contributed by atoms with van der Waals surface area (Å²) in [5.74, 6) is 0. The second-order valence-electron chi connectivity index (χ2n) is 3.55. The van der Waals surface area contributed by atoms with Gasteiger partial charge in [0.1, 0.15) is 0 Å². The first-order valence-electron chi connectivity index (χ1n) is 5.09. The largest absolute Gasteiger partial charge is 0.383 e. The van der Waals surface area contributed by atoms with Crippen LogP contribution in [0.15, 0.2) is 30.3 Å². The fraction of sp³-hybridized carbons (Fsp3) is 0.500. The number of rotatable bonds is 6. The van der Waals surface area contributed by atoms with E-state index >= 15 is 0 Å². The van der Waals surface area contributed by atoms with E-state index in [0.717, 1.165) is 19.6 Å². The molecule has 0 saturated carbocycles. The summed E-state index contributed by atoms with van der Waals surface area (Å²) in [7, 11) is 1.73. The molecule has 1 aromatic carbocycles. The highest BCUT2D eigenvalue weighted by Gasteiger charge is 1.98. The average molecular weight is 193 g/mol. The van der Waals surface area contributed by atoms with E-state index < -0.39 is 0 Å². The summed E-state index contributed by atoms with van der Waals surface area (Å²) in [5, 5.41) is 3.41. The van der Waals surface area contributed by atoms with Gasteiger partial charge in [-0.15, -0.1) is 0 Å². The van der Waals surface area contributed by atoms with Crippen LogP contribution < -0.4 is 5.32 Å². The third-order valence-electron chi connectivity index (χ3n) is 2.17. The first-order valence-corrected chi connectivity index (χ1v) is 5.09. The predicted octanol–water partition coefficient (Wildman–Crippen LogP) is 1.85. The van der Waals surface area contributed by atoms with Gasteiger partial charge in [-0.05, 0) is 25.5 Å². The van der Waals surface area contributed by atoms with Gasteiger partial charge in [0.05, 0.1) is 6.61 Å². The number of methoxy groups -OCH3 is 1. The minimum Gasteiger partial charge on any atom is -0.383 e. The van der Waals surface area contributed by atoms with Gasteiger partial charge in [-0.2, -0.15) is 0 Å². The van der Waals surface area contributed by atoms with E-state index in [9.17, 15) is 0 Å². The fourth-order valence-corrected chi connectivity index (χ4v) is 1.42. The van der Waals surface area contributed by atoms with Crippen molar-refractivity contribution in [1.82, 2.24) is 5.32 Å². The standard InChI is InChI=1S/C12H19NO/c1-11(10-14-2)13-9-8-12-6-4-3-5-7-12/h3-7,11,13H,8-10H2,1-2H3. The molecule has 0 fully saturated rings. The van der Waals surface area contributed by atoms with Crippen LogP contribution in [0.25, 0.3) is 0 Å². The quantitative estimate of drug-likeness (QED) is 0.744. The summed E-state index contributed by atoms with van der Waals surface area (Å²) < 4.78 is 5.04. The van der Waals surface area contributed by atoms with E-state index in [0.29, 0.717) is 6.04 Å². The smallest absolute Gasteiger partial charge is 0.0613 e. The Morgan fingerprint density at radius 2 is 2.00 bits per heavy atom. The molecule has 0 radical (unpaired) electrons. The first kappa shape index (κ1) is 11.2. The van der Waals surface area contributed by atoms with Crippen LogP contribution in [0, 0.1) is 0 Å². The Bertz CT molecular complexity index is 235. The maximum Gasteiger partial charge on any atom is 0.0613 e. The van der Waals surface area contributed by atoms with Crippen molar-refractivity contribution in [3.63, 3.8) is 0 Å². The molecule has 0 aliphatic carbocycles. The highest BCUT2D eigenvalue weighted by Crippen LogP contribution is 1.98. The lowest BCUT2D eigenvalue weighted by molar-refractivity contribution is 0.172. The van der Waals surface area contributed by atoms with Gasteiger partial charge in [-0.25, -0.2) is 0 Å². The molecule has 1 rings (SSSR count).